The first-order chi connectivity index (χ1) is 18.1. The van der Waals surface area contributed by atoms with Crippen LogP contribution in [0.1, 0.15) is 80.5 Å². The molecule has 1 aromatic heterocycles. The molecule has 0 aliphatic carbocycles. The molecule has 1 aliphatic heterocycles. The van der Waals surface area contributed by atoms with Crippen molar-refractivity contribution in [2.45, 2.75) is 64.3 Å². The standard InChI is InChI=1S/C27H39N5O5S/c1-4-22(33)11-6-5-7-12-23(30-26(34)19-13-15-32(2)16-14-19)25-28-18-24(29-25)20-9-8-10-21(17-20)27(35)31-38(3,36)37/h8-10,17-19,23H,4-7,11-16H2,1-3H3,(H,28,29)(H,30,34)(H,31,35)/p+1/t23-/m0/s1. The number of rotatable bonds is 13. The number of piperidine rings is 1. The van der Waals surface area contributed by atoms with Crippen LogP contribution in [0.2, 0.25) is 0 Å². The summed E-state index contributed by atoms with van der Waals surface area (Å²) >= 11 is 0. The Balaban J connectivity index is 1.73. The first-order valence-electron chi connectivity index (χ1n) is 13.3. The van der Waals surface area contributed by atoms with Crippen molar-refractivity contribution in [3.05, 3.63) is 41.9 Å². The number of carbonyl (C=O) groups excluding carboxylic acids is 3. The summed E-state index contributed by atoms with van der Waals surface area (Å²) in [5.41, 5.74) is 1.63. The minimum Gasteiger partial charge on any atom is -0.342 e. The smallest absolute Gasteiger partial charge is 0.275 e. The lowest BCUT2D eigenvalue weighted by Gasteiger charge is -2.28. The maximum Gasteiger partial charge on any atom is 0.275 e. The van der Waals surface area contributed by atoms with Crippen molar-refractivity contribution in [2.75, 3.05) is 26.4 Å². The van der Waals surface area contributed by atoms with Crippen LogP contribution in [0.3, 0.4) is 0 Å². The van der Waals surface area contributed by atoms with Gasteiger partial charge in [0.25, 0.3) is 11.7 Å². The molecule has 10 nitrogen and oxygen atoms in total. The van der Waals surface area contributed by atoms with Crippen molar-refractivity contribution in [1.82, 2.24) is 19.9 Å². The number of aromatic amines is 2. The molecule has 38 heavy (non-hydrogen) atoms. The largest absolute Gasteiger partial charge is 0.342 e. The molecule has 0 unspecified atom stereocenters. The average Bonchev–Trinajstić information content (AvgIpc) is 3.37. The lowest BCUT2D eigenvalue weighted by Crippen LogP contribution is -2.41. The van der Waals surface area contributed by atoms with E-state index in [4.69, 9.17) is 0 Å². The van der Waals surface area contributed by atoms with E-state index in [9.17, 15) is 22.8 Å². The Morgan fingerprint density at radius 1 is 1.16 bits per heavy atom. The summed E-state index contributed by atoms with van der Waals surface area (Å²) in [5, 5.41) is 3.23. The van der Waals surface area contributed by atoms with E-state index in [2.05, 4.69) is 27.2 Å². The Morgan fingerprint density at radius 3 is 2.58 bits per heavy atom. The molecular weight excluding hydrogens is 506 g/mol. The Hall–Kier alpha value is -3.05. The van der Waals surface area contributed by atoms with Gasteiger partial charge in [-0.25, -0.2) is 23.1 Å². The Morgan fingerprint density at radius 2 is 1.89 bits per heavy atom. The van der Waals surface area contributed by atoms with E-state index in [1.807, 2.05) is 17.7 Å². The van der Waals surface area contributed by atoms with Crippen LogP contribution in [-0.4, -0.2) is 62.3 Å². The third-order valence-electron chi connectivity index (χ3n) is 6.95. The third-order valence-corrected chi connectivity index (χ3v) is 7.51. The van der Waals surface area contributed by atoms with Crippen LogP contribution in [0, 0.1) is 5.92 Å². The Labute approximate surface area is 225 Å². The Kier molecular flexibility index (Phi) is 10.6. The normalized spacial score (nSPS) is 15.7. The van der Waals surface area contributed by atoms with Gasteiger partial charge in [0, 0.05) is 29.9 Å². The molecule has 208 valence electrons. The van der Waals surface area contributed by atoms with Crippen molar-refractivity contribution in [3.63, 3.8) is 0 Å². The molecule has 1 fully saturated rings. The van der Waals surface area contributed by atoms with E-state index in [1.54, 1.807) is 24.4 Å². The molecular formula is C27H40N5O5S+. The Bertz CT molecular complexity index is 1220. The zero-order valence-corrected chi connectivity index (χ0v) is 23.3. The quantitative estimate of drug-likeness (QED) is 0.330. The van der Waals surface area contributed by atoms with Crippen LogP contribution >= 0.6 is 0 Å². The number of Topliss-reactive ketones (excluding diaryl/α,β-unsaturated/α-hetero) is 1. The number of ketones is 1. The highest BCUT2D eigenvalue weighted by Gasteiger charge is 2.29. The summed E-state index contributed by atoms with van der Waals surface area (Å²) < 4.78 is 24.9. The maximum absolute atomic E-state index is 13.1. The fraction of sp³-hybridized carbons (Fsp3) is 0.556. The highest BCUT2D eigenvalue weighted by Crippen LogP contribution is 2.24. The lowest BCUT2D eigenvalue weighted by molar-refractivity contribution is -0.391. The summed E-state index contributed by atoms with van der Waals surface area (Å²) in [6.45, 7) is 3.68. The van der Waals surface area contributed by atoms with Crippen LogP contribution in [0.25, 0.3) is 11.3 Å². The van der Waals surface area contributed by atoms with Gasteiger partial charge >= 0.3 is 0 Å². The average molecular weight is 547 g/mol. The van der Waals surface area contributed by atoms with E-state index in [1.165, 1.54) is 0 Å². The fourth-order valence-corrected chi connectivity index (χ4v) is 5.09. The fourth-order valence-electron chi connectivity index (χ4n) is 4.64. The number of amides is 2. The van der Waals surface area contributed by atoms with Crippen LogP contribution in [-0.2, 0) is 19.6 Å². The van der Waals surface area contributed by atoms with Crippen molar-refractivity contribution < 1.29 is 27.8 Å². The van der Waals surface area contributed by atoms with Crippen molar-refractivity contribution in [2.24, 2.45) is 5.92 Å². The number of nitrogens with one attached hydrogen (secondary N) is 4. The first-order valence-corrected chi connectivity index (χ1v) is 15.2. The van der Waals surface area contributed by atoms with Gasteiger partial charge in [-0.3, -0.25) is 14.4 Å². The number of sulfonamides is 1. The molecule has 0 radical (unpaired) electrons. The van der Waals surface area contributed by atoms with Gasteiger partial charge in [0.2, 0.25) is 15.9 Å². The topological polar surface area (TPSA) is 143 Å². The molecule has 0 bridgehead atoms. The minimum absolute atomic E-state index is 0.0182. The zero-order chi connectivity index (χ0) is 27.7. The van der Waals surface area contributed by atoms with Crippen LogP contribution in [0.15, 0.2) is 30.5 Å². The van der Waals surface area contributed by atoms with Crippen LogP contribution in [0.4, 0.5) is 0 Å². The number of benzene rings is 1. The van der Waals surface area contributed by atoms with Crippen molar-refractivity contribution in [1.29, 1.82) is 0 Å². The molecule has 2 amide bonds. The number of likely N-dealkylation sites (tertiary alicyclic amines) is 1. The number of H-pyrrole nitrogens is 2. The van der Waals surface area contributed by atoms with E-state index in [-0.39, 0.29) is 29.2 Å². The molecule has 1 aromatic carbocycles. The summed E-state index contributed by atoms with van der Waals surface area (Å²) in [6.07, 6.45) is 8.83. The number of nitrogens with zero attached hydrogens (tertiary/aromatic N) is 1. The predicted octanol–water partition coefficient (Wildman–Crippen LogP) is 2.61. The van der Waals surface area contributed by atoms with Gasteiger partial charge in [0.15, 0.2) is 5.69 Å². The van der Waals surface area contributed by atoms with Crippen molar-refractivity contribution in [3.8, 4) is 11.3 Å². The summed E-state index contributed by atoms with van der Waals surface area (Å²) in [6, 6.07) is 6.41. The number of hydrogen-bond acceptors (Lipinski definition) is 6. The second-order valence-corrected chi connectivity index (χ2v) is 11.9. The zero-order valence-electron chi connectivity index (χ0n) is 22.5. The van der Waals surface area contributed by atoms with Crippen LogP contribution < -0.4 is 15.0 Å². The van der Waals surface area contributed by atoms with Crippen LogP contribution in [0.5, 0.6) is 0 Å². The van der Waals surface area contributed by atoms with Crippen molar-refractivity contribution >= 4 is 27.6 Å². The van der Waals surface area contributed by atoms with E-state index in [0.29, 0.717) is 30.5 Å². The van der Waals surface area contributed by atoms with Gasteiger partial charge in [0.1, 0.15) is 18.0 Å². The molecule has 11 heteroatoms. The SMILES string of the molecule is CCC(=O)CCCCC[C@H](NC(=O)C1CCN(C)CC1)c1[nH]c(-c2cccc(C(=O)NS(C)(=O)=O)c2)c[nH+]1. The number of aromatic nitrogens is 2. The van der Waals surface area contributed by atoms with E-state index in [0.717, 1.165) is 57.3 Å². The van der Waals surface area contributed by atoms with Gasteiger partial charge < -0.3 is 10.2 Å². The van der Waals surface area contributed by atoms with Gasteiger partial charge in [0.05, 0.1) is 6.26 Å². The number of unbranched alkanes of at least 4 members (excludes halogenated alkanes) is 2. The molecule has 0 saturated carbocycles. The number of hydrogen-bond donors (Lipinski definition) is 3. The minimum atomic E-state index is -3.67. The highest BCUT2D eigenvalue weighted by atomic mass is 32.2. The van der Waals surface area contributed by atoms with Gasteiger partial charge in [-0.05, 0) is 58.0 Å². The molecule has 2 aromatic rings. The number of imidazole rings is 1. The second-order valence-electron chi connectivity index (χ2n) is 10.2. The monoisotopic (exact) mass is 546 g/mol. The second kappa shape index (κ2) is 13.7. The summed E-state index contributed by atoms with van der Waals surface area (Å²) in [7, 11) is -1.61. The van der Waals surface area contributed by atoms with E-state index < -0.39 is 15.9 Å². The molecule has 1 atom stereocenters. The molecule has 3 rings (SSSR count). The molecule has 0 spiro atoms. The van der Waals surface area contributed by atoms with Gasteiger partial charge in [-0.1, -0.05) is 31.9 Å². The van der Waals surface area contributed by atoms with Gasteiger partial charge in [-0.2, -0.15) is 0 Å². The predicted molar refractivity (Wildman–Crippen MR) is 145 cm³/mol. The molecule has 4 N–H and O–H groups in total. The van der Waals surface area contributed by atoms with Gasteiger partial charge in [-0.15, -0.1) is 0 Å². The summed E-state index contributed by atoms with van der Waals surface area (Å²) in [4.78, 5) is 45.9. The maximum atomic E-state index is 13.1. The van der Waals surface area contributed by atoms with E-state index >= 15 is 0 Å². The molecule has 1 saturated heterocycles. The highest BCUT2D eigenvalue weighted by molar-refractivity contribution is 7.89. The molecule has 1 aliphatic rings. The third kappa shape index (κ3) is 9.05. The summed E-state index contributed by atoms with van der Waals surface area (Å²) in [5.74, 6) is 0.349. The lowest BCUT2D eigenvalue weighted by atomic mass is 9.95. The first kappa shape index (κ1) is 29.5. The molecule has 2 heterocycles. The number of carbonyl (C=O) groups is 3.